The molecule has 2 heteroatoms. The van der Waals surface area contributed by atoms with Crippen LogP contribution in [0.5, 0.6) is 0 Å². The third kappa shape index (κ3) is 3.74. The largest absolute Gasteiger partial charge is 0.393 e. The predicted molar refractivity (Wildman–Crippen MR) is 65.4 cm³/mol. The molecule has 0 aromatic rings. The van der Waals surface area contributed by atoms with E-state index in [4.69, 9.17) is 4.74 Å². The number of aliphatic hydroxyl groups is 1. The summed E-state index contributed by atoms with van der Waals surface area (Å²) in [4.78, 5) is 0. The molecule has 16 heavy (non-hydrogen) atoms. The van der Waals surface area contributed by atoms with Gasteiger partial charge in [-0.15, -0.1) is 0 Å². The van der Waals surface area contributed by atoms with Crippen LogP contribution in [0.15, 0.2) is 0 Å². The molecule has 1 saturated heterocycles. The van der Waals surface area contributed by atoms with Gasteiger partial charge in [0.05, 0.1) is 6.10 Å². The zero-order valence-corrected chi connectivity index (χ0v) is 10.4. The molecule has 2 rings (SSSR count). The zero-order chi connectivity index (χ0) is 11.2. The molecule has 1 atom stereocenters. The molecule has 1 aliphatic carbocycles. The second kappa shape index (κ2) is 6.61. The minimum absolute atomic E-state index is 0.0630. The van der Waals surface area contributed by atoms with Crippen LogP contribution in [0, 0.1) is 11.8 Å². The minimum Gasteiger partial charge on any atom is -0.393 e. The van der Waals surface area contributed by atoms with Crippen molar-refractivity contribution in [2.45, 2.75) is 63.9 Å². The first-order valence-corrected chi connectivity index (χ1v) is 7.12. The molecule has 0 radical (unpaired) electrons. The van der Waals surface area contributed by atoms with Gasteiger partial charge in [0.2, 0.25) is 0 Å². The summed E-state index contributed by atoms with van der Waals surface area (Å²) in [7, 11) is 0. The van der Waals surface area contributed by atoms with Crippen LogP contribution in [0.25, 0.3) is 0 Å². The van der Waals surface area contributed by atoms with E-state index in [2.05, 4.69) is 0 Å². The maximum atomic E-state index is 10.3. The van der Waals surface area contributed by atoms with Gasteiger partial charge in [0, 0.05) is 13.2 Å². The van der Waals surface area contributed by atoms with Crippen LogP contribution in [-0.4, -0.2) is 24.4 Å². The van der Waals surface area contributed by atoms with Gasteiger partial charge in [-0.1, -0.05) is 38.5 Å². The highest BCUT2D eigenvalue weighted by atomic mass is 16.5. The van der Waals surface area contributed by atoms with Crippen molar-refractivity contribution in [1.82, 2.24) is 0 Å². The molecule has 1 saturated carbocycles. The molecule has 2 aliphatic rings. The lowest BCUT2D eigenvalue weighted by Crippen LogP contribution is -2.29. The second-order valence-electron chi connectivity index (χ2n) is 5.61. The van der Waals surface area contributed by atoms with Gasteiger partial charge in [-0.05, 0) is 31.1 Å². The van der Waals surface area contributed by atoms with E-state index in [1.165, 1.54) is 38.5 Å². The number of hydrogen-bond acceptors (Lipinski definition) is 2. The second-order valence-corrected chi connectivity index (χ2v) is 5.61. The van der Waals surface area contributed by atoms with Gasteiger partial charge in [-0.2, -0.15) is 0 Å². The van der Waals surface area contributed by atoms with E-state index in [1.54, 1.807) is 0 Å². The highest BCUT2D eigenvalue weighted by Gasteiger charge is 2.25. The van der Waals surface area contributed by atoms with Crippen LogP contribution >= 0.6 is 0 Å². The normalized spacial score (nSPS) is 27.6. The van der Waals surface area contributed by atoms with Crippen molar-refractivity contribution in [1.29, 1.82) is 0 Å². The standard InChI is InChI=1S/C14H26O2/c15-14(13-7-9-16-10-8-13)11-12-5-3-1-2-4-6-12/h12-15H,1-11H2. The van der Waals surface area contributed by atoms with E-state index in [1.807, 2.05) is 0 Å². The van der Waals surface area contributed by atoms with Gasteiger partial charge in [0.15, 0.2) is 0 Å². The van der Waals surface area contributed by atoms with E-state index in [0.29, 0.717) is 5.92 Å². The van der Waals surface area contributed by atoms with E-state index in [9.17, 15) is 5.11 Å². The van der Waals surface area contributed by atoms with Crippen molar-refractivity contribution in [3.05, 3.63) is 0 Å². The van der Waals surface area contributed by atoms with Crippen LogP contribution in [0.1, 0.15) is 57.8 Å². The van der Waals surface area contributed by atoms with Crippen molar-refractivity contribution in [3.8, 4) is 0 Å². The molecule has 0 aromatic carbocycles. The van der Waals surface area contributed by atoms with E-state index in [0.717, 1.165) is 38.4 Å². The minimum atomic E-state index is -0.0630. The lowest BCUT2D eigenvalue weighted by Gasteiger charge is -2.29. The molecule has 1 unspecified atom stereocenters. The Morgan fingerprint density at radius 1 is 0.938 bits per heavy atom. The molecule has 0 amide bonds. The molecule has 1 aliphatic heterocycles. The fraction of sp³-hybridized carbons (Fsp3) is 1.00. The monoisotopic (exact) mass is 226 g/mol. The SMILES string of the molecule is OC(CC1CCCCCC1)C1CCOCC1. The summed E-state index contributed by atoms with van der Waals surface area (Å²) in [5.74, 6) is 1.30. The maximum Gasteiger partial charge on any atom is 0.0572 e. The molecule has 0 bridgehead atoms. The lowest BCUT2D eigenvalue weighted by molar-refractivity contribution is -0.00217. The topological polar surface area (TPSA) is 29.5 Å². The molecule has 2 fully saturated rings. The summed E-state index contributed by atoms with van der Waals surface area (Å²) in [6.45, 7) is 1.71. The molecule has 0 spiro atoms. The molecule has 0 aromatic heterocycles. The summed E-state index contributed by atoms with van der Waals surface area (Å²) in [5, 5.41) is 10.3. The van der Waals surface area contributed by atoms with E-state index in [-0.39, 0.29) is 6.10 Å². The fourth-order valence-electron chi connectivity index (χ4n) is 3.23. The molecular weight excluding hydrogens is 200 g/mol. The van der Waals surface area contributed by atoms with Crippen LogP contribution in [0.3, 0.4) is 0 Å². The number of ether oxygens (including phenoxy) is 1. The highest BCUT2D eigenvalue weighted by Crippen LogP contribution is 2.30. The van der Waals surface area contributed by atoms with Gasteiger partial charge in [0.25, 0.3) is 0 Å². The Morgan fingerprint density at radius 3 is 2.19 bits per heavy atom. The predicted octanol–water partition coefficient (Wildman–Crippen LogP) is 3.13. The van der Waals surface area contributed by atoms with Gasteiger partial charge in [-0.25, -0.2) is 0 Å². The van der Waals surface area contributed by atoms with Gasteiger partial charge in [0.1, 0.15) is 0 Å². The van der Waals surface area contributed by atoms with Gasteiger partial charge in [-0.3, -0.25) is 0 Å². The van der Waals surface area contributed by atoms with Crippen LogP contribution in [0.2, 0.25) is 0 Å². The lowest BCUT2D eigenvalue weighted by atomic mass is 9.85. The van der Waals surface area contributed by atoms with Crippen molar-refractivity contribution in [2.75, 3.05) is 13.2 Å². The van der Waals surface area contributed by atoms with Crippen LogP contribution < -0.4 is 0 Å². The van der Waals surface area contributed by atoms with Crippen LogP contribution in [-0.2, 0) is 4.74 Å². The first-order valence-electron chi connectivity index (χ1n) is 7.12. The summed E-state index contributed by atoms with van der Waals surface area (Å²) in [6, 6.07) is 0. The van der Waals surface area contributed by atoms with Crippen molar-refractivity contribution in [2.24, 2.45) is 11.8 Å². The molecule has 1 heterocycles. The zero-order valence-electron chi connectivity index (χ0n) is 10.4. The Hall–Kier alpha value is -0.0800. The van der Waals surface area contributed by atoms with E-state index < -0.39 is 0 Å². The number of rotatable bonds is 3. The van der Waals surface area contributed by atoms with Crippen molar-refractivity contribution in [3.63, 3.8) is 0 Å². The molecule has 2 nitrogen and oxygen atoms in total. The average Bonchev–Trinajstić information content (AvgIpc) is 2.59. The maximum absolute atomic E-state index is 10.3. The van der Waals surface area contributed by atoms with Crippen molar-refractivity contribution >= 4 is 0 Å². The highest BCUT2D eigenvalue weighted by molar-refractivity contribution is 4.76. The van der Waals surface area contributed by atoms with Gasteiger partial charge >= 0.3 is 0 Å². The first-order chi connectivity index (χ1) is 7.86. The summed E-state index contributed by atoms with van der Waals surface area (Å²) < 4.78 is 5.35. The van der Waals surface area contributed by atoms with Crippen molar-refractivity contribution < 1.29 is 9.84 Å². The Labute approximate surface area is 99.4 Å². The smallest absolute Gasteiger partial charge is 0.0572 e. The first kappa shape index (κ1) is 12.4. The Morgan fingerprint density at radius 2 is 1.56 bits per heavy atom. The number of hydrogen-bond donors (Lipinski definition) is 1. The third-order valence-corrected chi connectivity index (χ3v) is 4.36. The number of aliphatic hydroxyl groups excluding tert-OH is 1. The average molecular weight is 226 g/mol. The summed E-state index contributed by atoms with van der Waals surface area (Å²) >= 11 is 0. The Bertz CT molecular complexity index is 179. The third-order valence-electron chi connectivity index (χ3n) is 4.36. The molecule has 1 N–H and O–H groups in total. The summed E-state index contributed by atoms with van der Waals surface area (Å²) in [5.41, 5.74) is 0. The molecule has 94 valence electrons. The van der Waals surface area contributed by atoms with E-state index >= 15 is 0 Å². The Balaban J connectivity index is 1.73. The van der Waals surface area contributed by atoms with Gasteiger partial charge < -0.3 is 9.84 Å². The Kier molecular flexibility index (Phi) is 5.11. The summed E-state index contributed by atoms with van der Waals surface area (Å²) in [6.07, 6.45) is 11.4. The quantitative estimate of drug-likeness (QED) is 0.749. The molecular formula is C14H26O2. The fourth-order valence-corrected chi connectivity index (χ4v) is 3.23. The van der Waals surface area contributed by atoms with Crippen LogP contribution in [0.4, 0.5) is 0 Å².